The maximum Gasteiger partial charge on any atom is 0.261 e. The molecule has 2 rings (SSSR count). The van der Waals surface area contributed by atoms with Gasteiger partial charge in [-0.1, -0.05) is 18.2 Å². The Balaban J connectivity index is 2.43. The first-order valence-corrected chi connectivity index (χ1v) is 6.64. The summed E-state index contributed by atoms with van der Waals surface area (Å²) < 4.78 is 10.6. The van der Waals surface area contributed by atoms with E-state index in [-0.39, 0.29) is 5.91 Å². The molecular weight excluding hydrogens is 266 g/mol. The number of para-hydroxylation sites is 1. The number of benzene rings is 2. The lowest BCUT2D eigenvalue weighted by atomic mass is 10.1. The average Bonchev–Trinajstić information content (AvgIpc) is 2.54. The Bertz CT molecular complexity index is 638. The van der Waals surface area contributed by atoms with Gasteiger partial charge < -0.3 is 14.4 Å². The molecule has 0 saturated carbocycles. The smallest absolute Gasteiger partial charge is 0.261 e. The standard InChI is InChI=1S/C17H19NO3/c1-12-10-16(21-4)14(11-15(12)20-3)17(19)18(2)13-8-6-5-7-9-13/h5-11H,1-4H3. The molecule has 0 aliphatic carbocycles. The Morgan fingerprint density at radius 3 is 2.19 bits per heavy atom. The number of carbonyl (C=O) groups excluding carboxylic acids is 1. The molecule has 0 aliphatic rings. The van der Waals surface area contributed by atoms with Crippen LogP contribution in [-0.2, 0) is 0 Å². The molecule has 0 N–H and O–H groups in total. The fourth-order valence-electron chi connectivity index (χ4n) is 2.17. The highest BCUT2D eigenvalue weighted by Crippen LogP contribution is 2.30. The number of methoxy groups -OCH3 is 2. The molecule has 0 aliphatic heterocycles. The maximum atomic E-state index is 12.7. The molecule has 21 heavy (non-hydrogen) atoms. The summed E-state index contributed by atoms with van der Waals surface area (Å²) >= 11 is 0. The molecule has 0 unspecified atom stereocenters. The van der Waals surface area contributed by atoms with E-state index in [0.717, 1.165) is 11.3 Å². The maximum absolute atomic E-state index is 12.7. The van der Waals surface area contributed by atoms with Crippen molar-refractivity contribution in [2.75, 3.05) is 26.2 Å². The van der Waals surface area contributed by atoms with Crippen LogP contribution in [0.25, 0.3) is 0 Å². The summed E-state index contributed by atoms with van der Waals surface area (Å²) in [5, 5.41) is 0. The Hall–Kier alpha value is -2.49. The molecule has 110 valence electrons. The van der Waals surface area contributed by atoms with Crippen LogP contribution in [0.4, 0.5) is 5.69 Å². The van der Waals surface area contributed by atoms with Crippen molar-refractivity contribution < 1.29 is 14.3 Å². The van der Waals surface area contributed by atoms with E-state index in [2.05, 4.69) is 0 Å². The Morgan fingerprint density at radius 2 is 1.62 bits per heavy atom. The van der Waals surface area contributed by atoms with Crippen LogP contribution in [0.1, 0.15) is 15.9 Å². The molecule has 0 saturated heterocycles. The van der Waals surface area contributed by atoms with Gasteiger partial charge in [0.2, 0.25) is 0 Å². The van der Waals surface area contributed by atoms with E-state index in [1.54, 1.807) is 32.2 Å². The van der Waals surface area contributed by atoms with E-state index in [0.29, 0.717) is 17.1 Å². The molecule has 0 fully saturated rings. The van der Waals surface area contributed by atoms with Crippen LogP contribution in [0.5, 0.6) is 11.5 Å². The highest BCUT2D eigenvalue weighted by Gasteiger charge is 2.20. The van der Waals surface area contributed by atoms with Gasteiger partial charge in [-0.3, -0.25) is 4.79 Å². The third kappa shape index (κ3) is 2.99. The number of ether oxygens (including phenoxy) is 2. The normalized spacial score (nSPS) is 10.1. The lowest BCUT2D eigenvalue weighted by molar-refractivity contribution is 0.0989. The summed E-state index contributed by atoms with van der Waals surface area (Å²) in [7, 11) is 4.88. The van der Waals surface area contributed by atoms with Crippen LogP contribution < -0.4 is 14.4 Å². The quantitative estimate of drug-likeness (QED) is 0.865. The van der Waals surface area contributed by atoms with Crippen molar-refractivity contribution in [1.29, 1.82) is 0 Å². The molecule has 0 bridgehead atoms. The second-order valence-corrected chi connectivity index (χ2v) is 4.72. The number of hydrogen-bond acceptors (Lipinski definition) is 3. The molecule has 2 aromatic carbocycles. The van der Waals surface area contributed by atoms with Gasteiger partial charge >= 0.3 is 0 Å². The van der Waals surface area contributed by atoms with Crippen LogP contribution in [-0.4, -0.2) is 27.2 Å². The van der Waals surface area contributed by atoms with Crippen LogP contribution in [0.2, 0.25) is 0 Å². The molecule has 1 amide bonds. The zero-order valence-corrected chi connectivity index (χ0v) is 12.7. The highest BCUT2D eigenvalue weighted by molar-refractivity contribution is 6.07. The van der Waals surface area contributed by atoms with E-state index in [1.165, 1.54) is 0 Å². The Labute approximate surface area is 124 Å². The summed E-state index contributed by atoms with van der Waals surface area (Å²) in [4.78, 5) is 14.3. The second kappa shape index (κ2) is 6.31. The first-order chi connectivity index (χ1) is 10.1. The van der Waals surface area contributed by atoms with Crippen molar-refractivity contribution in [3.8, 4) is 11.5 Å². The first-order valence-electron chi connectivity index (χ1n) is 6.64. The number of rotatable bonds is 4. The number of nitrogens with zero attached hydrogens (tertiary/aromatic N) is 1. The summed E-state index contributed by atoms with van der Waals surface area (Å²) in [5.41, 5.74) is 2.23. The predicted octanol–water partition coefficient (Wildman–Crippen LogP) is 3.29. The van der Waals surface area contributed by atoms with Crippen LogP contribution in [0, 0.1) is 6.92 Å². The van der Waals surface area contributed by atoms with Crippen LogP contribution in [0.15, 0.2) is 42.5 Å². The van der Waals surface area contributed by atoms with Gasteiger partial charge in [-0.2, -0.15) is 0 Å². The van der Waals surface area contributed by atoms with Gasteiger partial charge in [0, 0.05) is 12.7 Å². The van der Waals surface area contributed by atoms with Gasteiger partial charge in [0.05, 0.1) is 19.8 Å². The SMILES string of the molecule is COc1cc(C(=O)N(C)c2ccccc2)c(OC)cc1C. The summed E-state index contributed by atoms with van der Waals surface area (Å²) in [5.74, 6) is 1.07. The van der Waals surface area contributed by atoms with Crippen molar-refractivity contribution in [3.05, 3.63) is 53.6 Å². The van der Waals surface area contributed by atoms with Gasteiger partial charge in [0.25, 0.3) is 5.91 Å². The minimum absolute atomic E-state index is 0.142. The molecule has 0 heterocycles. The monoisotopic (exact) mass is 285 g/mol. The zero-order valence-electron chi connectivity index (χ0n) is 12.7. The van der Waals surface area contributed by atoms with Crippen molar-refractivity contribution in [3.63, 3.8) is 0 Å². The van der Waals surface area contributed by atoms with Crippen molar-refractivity contribution in [2.45, 2.75) is 6.92 Å². The number of anilines is 1. The summed E-state index contributed by atoms with van der Waals surface area (Å²) in [6.45, 7) is 1.91. The molecule has 2 aromatic rings. The van der Waals surface area contributed by atoms with Crippen molar-refractivity contribution in [1.82, 2.24) is 0 Å². The Morgan fingerprint density at radius 1 is 1.00 bits per heavy atom. The lowest BCUT2D eigenvalue weighted by Gasteiger charge is -2.20. The molecule has 0 spiro atoms. The van der Waals surface area contributed by atoms with Gasteiger partial charge in [-0.05, 0) is 36.8 Å². The van der Waals surface area contributed by atoms with Gasteiger partial charge in [0.1, 0.15) is 11.5 Å². The van der Waals surface area contributed by atoms with E-state index in [9.17, 15) is 4.79 Å². The topological polar surface area (TPSA) is 38.8 Å². The number of hydrogen-bond donors (Lipinski definition) is 0. The third-order valence-corrected chi connectivity index (χ3v) is 3.40. The minimum Gasteiger partial charge on any atom is -0.496 e. The van der Waals surface area contributed by atoms with Gasteiger partial charge in [0.15, 0.2) is 0 Å². The fraction of sp³-hybridized carbons (Fsp3) is 0.235. The van der Waals surface area contributed by atoms with E-state index >= 15 is 0 Å². The number of amides is 1. The molecule has 4 nitrogen and oxygen atoms in total. The molecule has 0 atom stereocenters. The van der Waals surface area contributed by atoms with E-state index in [4.69, 9.17) is 9.47 Å². The van der Waals surface area contributed by atoms with E-state index < -0.39 is 0 Å². The lowest BCUT2D eigenvalue weighted by Crippen LogP contribution is -2.26. The largest absolute Gasteiger partial charge is 0.496 e. The van der Waals surface area contributed by atoms with Crippen LogP contribution >= 0.6 is 0 Å². The second-order valence-electron chi connectivity index (χ2n) is 4.72. The Kier molecular flexibility index (Phi) is 4.48. The van der Waals surface area contributed by atoms with Gasteiger partial charge in [-0.15, -0.1) is 0 Å². The number of carbonyl (C=O) groups is 1. The first kappa shape index (κ1) is 14.9. The molecular formula is C17H19NO3. The molecule has 4 heteroatoms. The third-order valence-electron chi connectivity index (χ3n) is 3.40. The molecule has 0 aromatic heterocycles. The molecule has 0 radical (unpaired) electrons. The fourth-order valence-corrected chi connectivity index (χ4v) is 2.17. The van der Waals surface area contributed by atoms with E-state index in [1.807, 2.05) is 43.3 Å². The summed E-state index contributed by atoms with van der Waals surface area (Å²) in [6, 6.07) is 13.0. The minimum atomic E-state index is -0.142. The predicted molar refractivity (Wildman–Crippen MR) is 83.5 cm³/mol. The van der Waals surface area contributed by atoms with Gasteiger partial charge in [-0.25, -0.2) is 0 Å². The van der Waals surface area contributed by atoms with Crippen molar-refractivity contribution >= 4 is 11.6 Å². The number of aryl methyl sites for hydroxylation is 1. The van der Waals surface area contributed by atoms with Crippen LogP contribution in [0.3, 0.4) is 0 Å². The highest BCUT2D eigenvalue weighted by atomic mass is 16.5. The zero-order chi connectivity index (χ0) is 15.4. The van der Waals surface area contributed by atoms with Crippen molar-refractivity contribution in [2.24, 2.45) is 0 Å². The summed E-state index contributed by atoms with van der Waals surface area (Å²) in [6.07, 6.45) is 0. The average molecular weight is 285 g/mol.